The van der Waals surface area contributed by atoms with Crippen molar-refractivity contribution < 1.29 is 0 Å². The van der Waals surface area contributed by atoms with Gasteiger partial charge in [-0.2, -0.15) is 0 Å². The van der Waals surface area contributed by atoms with Crippen LogP contribution in [0.1, 0.15) is 31.6 Å². The molecule has 1 heterocycles. The fraction of sp³-hybridized carbons (Fsp3) is 0.714. The van der Waals surface area contributed by atoms with Crippen molar-refractivity contribution in [2.75, 3.05) is 26.7 Å². The Morgan fingerprint density at radius 1 is 1.29 bits per heavy atom. The van der Waals surface area contributed by atoms with Gasteiger partial charge in [-0.05, 0) is 44.3 Å². The summed E-state index contributed by atoms with van der Waals surface area (Å²) < 4.78 is 0. The molecule has 0 radical (unpaired) electrons. The van der Waals surface area contributed by atoms with Crippen molar-refractivity contribution >= 4 is 11.3 Å². The normalized spacial score (nSPS) is 11.6. The second kappa shape index (κ2) is 8.67. The van der Waals surface area contributed by atoms with E-state index in [0.717, 1.165) is 13.1 Å². The van der Waals surface area contributed by atoms with Crippen molar-refractivity contribution in [3.05, 3.63) is 22.4 Å². The predicted octanol–water partition coefficient (Wildman–Crippen LogP) is 3.00. The Kier molecular flexibility index (Phi) is 7.49. The fourth-order valence-electron chi connectivity index (χ4n) is 1.79. The molecular formula is C14H26N2S. The van der Waals surface area contributed by atoms with E-state index >= 15 is 0 Å². The number of aryl methyl sites for hydroxylation is 1. The minimum absolute atomic E-state index is 0.599. The van der Waals surface area contributed by atoms with Gasteiger partial charge in [0.05, 0.1) is 0 Å². The molecule has 17 heavy (non-hydrogen) atoms. The number of unbranched alkanes of at least 4 members (excludes halogenated alkanes) is 1. The standard InChI is InChI=1S/C14H26N2S/c1-13(2)15-9-11-16(3)10-5-4-7-14-8-6-12-17-14/h6,8,12-13,15H,4-5,7,9-11H2,1-3H3. The van der Waals surface area contributed by atoms with Gasteiger partial charge in [-0.1, -0.05) is 19.9 Å². The van der Waals surface area contributed by atoms with Gasteiger partial charge in [-0.3, -0.25) is 0 Å². The van der Waals surface area contributed by atoms with Crippen LogP contribution in [0, 0.1) is 0 Å². The Labute approximate surface area is 110 Å². The van der Waals surface area contributed by atoms with E-state index < -0.39 is 0 Å². The van der Waals surface area contributed by atoms with Crippen LogP contribution < -0.4 is 5.32 Å². The maximum Gasteiger partial charge on any atom is 0.0104 e. The SMILES string of the molecule is CC(C)NCCN(C)CCCCc1cccs1. The van der Waals surface area contributed by atoms with Crippen LogP contribution in [-0.2, 0) is 6.42 Å². The van der Waals surface area contributed by atoms with Gasteiger partial charge in [0.25, 0.3) is 0 Å². The Bertz CT molecular complexity index is 270. The lowest BCUT2D eigenvalue weighted by atomic mass is 10.2. The lowest BCUT2D eigenvalue weighted by molar-refractivity contribution is 0.320. The topological polar surface area (TPSA) is 15.3 Å². The van der Waals surface area contributed by atoms with Crippen LogP contribution in [0.5, 0.6) is 0 Å². The first-order chi connectivity index (χ1) is 8.18. The minimum Gasteiger partial charge on any atom is -0.313 e. The van der Waals surface area contributed by atoms with Gasteiger partial charge in [0, 0.05) is 24.0 Å². The molecule has 2 nitrogen and oxygen atoms in total. The van der Waals surface area contributed by atoms with Gasteiger partial charge in [-0.25, -0.2) is 0 Å². The number of rotatable bonds is 9. The molecule has 1 N–H and O–H groups in total. The molecule has 0 spiro atoms. The third kappa shape index (κ3) is 7.53. The minimum atomic E-state index is 0.599. The fourth-order valence-corrected chi connectivity index (χ4v) is 2.54. The highest BCUT2D eigenvalue weighted by Crippen LogP contribution is 2.11. The van der Waals surface area contributed by atoms with Gasteiger partial charge >= 0.3 is 0 Å². The van der Waals surface area contributed by atoms with E-state index in [1.807, 2.05) is 11.3 Å². The first-order valence-electron chi connectivity index (χ1n) is 6.63. The molecule has 0 aliphatic rings. The molecule has 0 saturated heterocycles. The molecule has 0 fully saturated rings. The van der Waals surface area contributed by atoms with Crippen molar-refractivity contribution in [3.63, 3.8) is 0 Å². The van der Waals surface area contributed by atoms with E-state index in [-0.39, 0.29) is 0 Å². The summed E-state index contributed by atoms with van der Waals surface area (Å²) >= 11 is 1.88. The predicted molar refractivity (Wildman–Crippen MR) is 77.9 cm³/mol. The van der Waals surface area contributed by atoms with Gasteiger partial charge < -0.3 is 10.2 Å². The molecule has 0 aliphatic carbocycles. The average Bonchev–Trinajstić information content (AvgIpc) is 2.76. The molecule has 0 aliphatic heterocycles. The van der Waals surface area contributed by atoms with Crippen molar-refractivity contribution in [1.29, 1.82) is 0 Å². The van der Waals surface area contributed by atoms with E-state index in [1.54, 1.807) is 0 Å². The molecule has 0 atom stereocenters. The Hall–Kier alpha value is -0.380. The van der Waals surface area contributed by atoms with Crippen molar-refractivity contribution in [2.45, 2.75) is 39.2 Å². The summed E-state index contributed by atoms with van der Waals surface area (Å²) in [5.74, 6) is 0. The third-order valence-corrected chi connectivity index (χ3v) is 3.78. The quantitative estimate of drug-likeness (QED) is 0.682. The van der Waals surface area contributed by atoms with Crippen LogP contribution in [0.2, 0.25) is 0 Å². The van der Waals surface area contributed by atoms with Gasteiger partial charge in [0.2, 0.25) is 0 Å². The monoisotopic (exact) mass is 254 g/mol. The number of hydrogen-bond donors (Lipinski definition) is 1. The molecule has 0 amide bonds. The van der Waals surface area contributed by atoms with E-state index in [0.29, 0.717) is 6.04 Å². The van der Waals surface area contributed by atoms with Crippen LogP contribution in [-0.4, -0.2) is 37.6 Å². The molecule has 1 rings (SSSR count). The van der Waals surface area contributed by atoms with Gasteiger partial charge in [0.15, 0.2) is 0 Å². The maximum absolute atomic E-state index is 3.45. The molecule has 0 saturated carbocycles. The van der Waals surface area contributed by atoms with Gasteiger partial charge in [-0.15, -0.1) is 11.3 Å². The zero-order chi connectivity index (χ0) is 12.5. The van der Waals surface area contributed by atoms with Crippen LogP contribution >= 0.6 is 11.3 Å². The summed E-state index contributed by atoms with van der Waals surface area (Å²) in [6.07, 6.45) is 3.86. The molecule has 1 aromatic rings. The van der Waals surface area contributed by atoms with Crippen molar-refractivity contribution in [1.82, 2.24) is 10.2 Å². The smallest absolute Gasteiger partial charge is 0.0104 e. The zero-order valence-electron chi connectivity index (χ0n) is 11.4. The number of thiophene rings is 1. The highest BCUT2D eigenvalue weighted by atomic mass is 32.1. The summed E-state index contributed by atoms with van der Waals surface area (Å²) in [6, 6.07) is 4.98. The lowest BCUT2D eigenvalue weighted by Gasteiger charge is -2.17. The number of hydrogen-bond acceptors (Lipinski definition) is 3. The van der Waals surface area contributed by atoms with E-state index in [4.69, 9.17) is 0 Å². The van der Waals surface area contributed by atoms with E-state index in [1.165, 1.54) is 30.7 Å². The summed E-state index contributed by atoms with van der Waals surface area (Å²) in [6.45, 7) is 7.85. The molecule has 3 heteroatoms. The largest absolute Gasteiger partial charge is 0.313 e. The van der Waals surface area contributed by atoms with E-state index in [2.05, 4.69) is 48.6 Å². The average molecular weight is 254 g/mol. The second-order valence-electron chi connectivity index (χ2n) is 4.95. The summed E-state index contributed by atoms with van der Waals surface area (Å²) in [5.41, 5.74) is 0. The van der Waals surface area contributed by atoms with Crippen LogP contribution in [0.25, 0.3) is 0 Å². The molecule has 0 bridgehead atoms. The summed E-state index contributed by atoms with van der Waals surface area (Å²) in [7, 11) is 2.22. The molecule has 0 unspecified atom stereocenters. The highest BCUT2D eigenvalue weighted by Gasteiger charge is 1.99. The summed E-state index contributed by atoms with van der Waals surface area (Å²) in [4.78, 5) is 3.94. The first-order valence-corrected chi connectivity index (χ1v) is 7.50. The molecule has 98 valence electrons. The Morgan fingerprint density at radius 3 is 2.76 bits per heavy atom. The first kappa shape index (κ1) is 14.7. The van der Waals surface area contributed by atoms with Gasteiger partial charge in [0.1, 0.15) is 0 Å². The number of nitrogens with zero attached hydrogens (tertiary/aromatic N) is 1. The van der Waals surface area contributed by atoms with Crippen LogP contribution in [0.4, 0.5) is 0 Å². The Morgan fingerprint density at radius 2 is 2.12 bits per heavy atom. The van der Waals surface area contributed by atoms with Crippen LogP contribution in [0.3, 0.4) is 0 Å². The highest BCUT2D eigenvalue weighted by molar-refractivity contribution is 7.09. The zero-order valence-corrected chi connectivity index (χ0v) is 12.2. The Balaban J connectivity index is 1.95. The molecule has 0 aromatic carbocycles. The van der Waals surface area contributed by atoms with Crippen molar-refractivity contribution in [3.8, 4) is 0 Å². The number of nitrogens with one attached hydrogen (secondary N) is 1. The molecular weight excluding hydrogens is 228 g/mol. The van der Waals surface area contributed by atoms with Crippen LogP contribution in [0.15, 0.2) is 17.5 Å². The van der Waals surface area contributed by atoms with Crippen molar-refractivity contribution in [2.24, 2.45) is 0 Å². The van der Waals surface area contributed by atoms with E-state index in [9.17, 15) is 0 Å². The molecule has 1 aromatic heterocycles. The summed E-state index contributed by atoms with van der Waals surface area (Å²) in [5, 5.41) is 5.61. The number of likely N-dealkylation sites (N-methyl/N-ethyl adjacent to an activating group) is 1. The maximum atomic E-state index is 3.45. The lowest BCUT2D eigenvalue weighted by Crippen LogP contribution is -2.33. The second-order valence-corrected chi connectivity index (χ2v) is 5.98. The third-order valence-electron chi connectivity index (χ3n) is 2.84.